The zero-order chi connectivity index (χ0) is 32.3. The van der Waals surface area contributed by atoms with Crippen LogP contribution in [-0.2, 0) is 10.8 Å². The molecule has 0 radical (unpaired) electrons. The molecule has 0 aromatic heterocycles. The summed E-state index contributed by atoms with van der Waals surface area (Å²) in [6.07, 6.45) is 10.3. The van der Waals surface area contributed by atoms with Crippen LogP contribution in [0, 0.1) is 10.4 Å². The first-order valence-electron chi connectivity index (χ1n) is 16.9. The van der Waals surface area contributed by atoms with Crippen LogP contribution in [-0.4, -0.2) is 0 Å². The molecule has 0 nitrogen and oxygen atoms in total. The molecule has 0 saturated carbocycles. The van der Waals surface area contributed by atoms with Crippen molar-refractivity contribution in [2.24, 2.45) is 0 Å². The van der Waals surface area contributed by atoms with Crippen molar-refractivity contribution in [2.75, 3.05) is 0 Å². The van der Waals surface area contributed by atoms with E-state index < -0.39 is 0 Å². The summed E-state index contributed by atoms with van der Waals surface area (Å²) in [7, 11) is 0. The molecule has 4 aromatic rings. The molecule has 0 N–H and O–H groups in total. The van der Waals surface area contributed by atoms with Crippen LogP contribution in [0.2, 0.25) is 0 Å². The molecule has 0 spiro atoms. The SMILES string of the molecule is CC(C)c1ccc(C(c2ccc(C(C)C)cc2)=c2c(C(C)(C)C)cc3c(c2C2=CC=CC2)C=c2ccc(C(C)(C)C)cc2=3)cc1. The maximum Gasteiger partial charge on any atom is -0.00295 e. The highest BCUT2D eigenvalue weighted by Crippen LogP contribution is 2.34. The Bertz CT molecular complexity index is 1990. The van der Waals surface area contributed by atoms with Crippen LogP contribution in [0.4, 0.5) is 0 Å². The third-order valence-electron chi connectivity index (χ3n) is 9.76. The van der Waals surface area contributed by atoms with Gasteiger partial charge in [-0.05, 0) is 118 Å². The third kappa shape index (κ3) is 5.81. The van der Waals surface area contributed by atoms with Gasteiger partial charge in [0.05, 0.1) is 0 Å². The normalized spacial score (nSPS) is 14.1. The quantitative estimate of drug-likeness (QED) is 0.191. The summed E-state index contributed by atoms with van der Waals surface area (Å²) in [4.78, 5) is 0. The molecule has 45 heavy (non-hydrogen) atoms. The molecule has 0 saturated heterocycles. The van der Waals surface area contributed by atoms with E-state index in [1.807, 2.05) is 0 Å². The molecule has 0 heterocycles. The van der Waals surface area contributed by atoms with E-state index in [9.17, 15) is 0 Å². The fourth-order valence-electron chi connectivity index (χ4n) is 6.95. The summed E-state index contributed by atoms with van der Waals surface area (Å²) >= 11 is 0. The lowest BCUT2D eigenvalue weighted by Gasteiger charge is -2.26. The van der Waals surface area contributed by atoms with E-state index in [0.717, 1.165) is 6.42 Å². The number of fused-ring (bicyclic) bond motifs is 2. The lowest BCUT2D eigenvalue weighted by Crippen LogP contribution is -2.29. The van der Waals surface area contributed by atoms with Gasteiger partial charge < -0.3 is 0 Å². The van der Waals surface area contributed by atoms with Gasteiger partial charge >= 0.3 is 0 Å². The van der Waals surface area contributed by atoms with E-state index in [0.29, 0.717) is 11.8 Å². The van der Waals surface area contributed by atoms with Crippen LogP contribution >= 0.6 is 0 Å². The molecule has 0 heteroatoms. The van der Waals surface area contributed by atoms with Crippen LogP contribution in [0.25, 0.3) is 17.2 Å². The molecule has 0 aliphatic heterocycles. The van der Waals surface area contributed by atoms with Gasteiger partial charge in [0.1, 0.15) is 0 Å². The number of benzene rings is 4. The van der Waals surface area contributed by atoms with Crippen molar-refractivity contribution < 1.29 is 0 Å². The van der Waals surface area contributed by atoms with Crippen LogP contribution in [0.15, 0.2) is 91.0 Å². The van der Waals surface area contributed by atoms with E-state index in [1.54, 1.807) is 0 Å². The molecule has 230 valence electrons. The predicted octanol–water partition coefficient (Wildman–Crippen LogP) is 10.5. The van der Waals surface area contributed by atoms with Crippen LogP contribution in [0.3, 0.4) is 0 Å². The Labute approximate surface area is 271 Å². The molecule has 4 aromatic carbocycles. The van der Waals surface area contributed by atoms with Crippen LogP contribution in [0.1, 0.15) is 132 Å². The minimum atomic E-state index is -0.0723. The minimum Gasteiger partial charge on any atom is -0.0801 e. The second-order valence-electron chi connectivity index (χ2n) is 15.8. The van der Waals surface area contributed by atoms with Gasteiger partial charge in [0, 0.05) is 0 Å². The molecule has 0 atom stereocenters. The molecule has 0 fully saturated rings. The second kappa shape index (κ2) is 11.5. The monoisotopic (exact) mass is 590 g/mol. The highest BCUT2D eigenvalue weighted by molar-refractivity contribution is 5.88. The van der Waals surface area contributed by atoms with Crippen LogP contribution < -0.4 is 10.4 Å². The van der Waals surface area contributed by atoms with Gasteiger partial charge in [-0.2, -0.15) is 0 Å². The lowest BCUT2D eigenvalue weighted by molar-refractivity contribution is 0.584. The fourth-order valence-corrected chi connectivity index (χ4v) is 6.95. The van der Waals surface area contributed by atoms with Crippen molar-refractivity contribution in [3.8, 4) is 0 Å². The second-order valence-corrected chi connectivity index (χ2v) is 15.8. The highest BCUT2D eigenvalue weighted by atomic mass is 14.3. The Morgan fingerprint density at radius 2 is 1.22 bits per heavy atom. The number of rotatable bonds is 5. The maximum absolute atomic E-state index is 2.54. The Balaban J connectivity index is 1.85. The molecule has 6 rings (SSSR count). The van der Waals surface area contributed by atoms with Crippen molar-refractivity contribution in [2.45, 2.75) is 98.3 Å². The predicted molar refractivity (Wildman–Crippen MR) is 195 cm³/mol. The van der Waals surface area contributed by atoms with E-state index >= 15 is 0 Å². The largest absolute Gasteiger partial charge is 0.0801 e. The molecular weight excluding hydrogens is 540 g/mol. The van der Waals surface area contributed by atoms with Gasteiger partial charge in [-0.3, -0.25) is 0 Å². The summed E-state index contributed by atoms with van der Waals surface area (Å²) in [6.45, 7) is 23.2. The first kappa shape index (κ1) is 31.1. The highest BCUT2D eigenvalue weighted by Gasteiger charge is 2.26. The van der Waals surface area contributed by atoms with Crippen molar-refractivity contribution >= 4 is 17.2 Å². The van der Waals surface area contributed by atoms with E-state index in [-0.39, 0.29) is 10.8 Å². The molecule has 2 aliphatic carbocycles. The maximum atomic E-state index is 2.54. The van der Waals surface area contributed by atoms with Crippen molar-refractivity contribution in [1.82, 2.24) is 0 Å². The molecular formula is C45H50. The van der Waals surface area contributed by atoms with Crippen molar-refractivity contribution in [3.63, 3.8) is 0 Å². The Hall–Kier alpha value is -3.90. The summed E-state index contributed by atoms with van der Waals surface area (Å²) in [5.41, 5.74) is 13.6. The fraction of sp³-hybridized carbons (Fsp3) is 0.333. The van der Waals surface area contributed by atoms with Gasteiger partial charge in [0.15, 0.2) is 0 Å². The topological polar surface area (TPSA) is 0 Å². The minimum absolute atomic E-state index is 0.0723. The summed E-state index contributed by atoms with van der Waals surface area (Å²) in [5, 5.41) is 5.45. The Morgan fingerprint density at radius 3 is 1.69 bits per heavy atom. The summed E-state index contributed by atoms with van der Waals surface area (Å²) < 4.78 is 0. The zero-order valence-electron chi connectivity index (χ0n) is 29.1. The van der Waals surface area contributed by atoms with Gasteiger partial charge in [-0.25, -0.2) is 0 Å². The van der Waals surface area contributed by atoms with Crippen molar-refractivity contribution in [3.05, 3.63) is 156 Å². The smallest absolute Gasteiger partial charge is 0.00295 e. The van der Waals surface area contributed by atoms with E-state index in [1.165, 1.54) is 76.5 Å². The molecule has 0 unspecified atom stereocenters. The first-order chi connectivity index (χ1) is 21.2. The number of hydrogen-bond donors (Lipinski definition) is 0. The summed E-state index contributed by atoms with van der Waals surface area (Å²) in [5.74, 6) is 0.989. The van der Waals surface area contributed by atoms with E-state index in [2.05, 4.69) is 166 Å². The summed E-state index contributed by atoms with van der Waals surface area (Å²) in [6, 6.07) is 28.4. The molecule has 0 bridgehead atoms. The lowest BCUT2D eigenvalue weighted by atomic mass is 9.78. The average molecular weight is 591 g/mol. The molecule has 0 amide bonds. The number of allylic oxidation sites excluding steroid dienone is 4. The van der Waals surface area contributed by atoms with Gasteiger partial charge in [-0.1, -0.05) is 154 Å². The third-order valence-corrected chi connectivity index (χ3v) is 9.76. The van der Waals surface area contributed by atoms with Crippen LogP contribution in [0.5, 0.6) is 0 Å². The van der Waals surface area contributed by atoms with Gasteiger partial charge in [-0.15, -0.1) is 0 Å². The zero-order valence-corrected chi connectivity index (χ0v) is 29.1. The molecule has 2 aliphatic rings. The number of hydrogen-bond acceptors (Lipinski definition) is 0. The van der Waals surface area contributed by atoms with Crippen molar-refractivity contribution in [1.29, 1.82) is 0 Å². The standard InChI is InChI=1S/C45H50/c1-28(2)30-15-19-33(20-16-30)41(34-21-17-31(18-22-34)29(3)4)43-40(45(8,9)10)27-38-37-26-36(44(5,6)7)24-23-35(37)25-39(38)42(43)32-13-11-12-14-32/h11-13,15-29H,14H2,1-10H3. The van der Waals surface area contributed by atoms with E-state index in [4.69, 9.17) is 0 Å². The Kier molecular flexibility index (Phi) is 7.93. The van der Waals surface area contributed by atoms with Gasteiger partial charge in [0.25, 0.3) is 0 Å². The Morgan fingerprint density at radius 1 is 0.644 bits per heavy atom. The van der Waals surface area contributed by atoms with Gasteiger partial charge in [0.2, 0.25) is 0 Å². The average Bonchev–Trinajstić information content (AvgIpc) is 3.64. The first-order valence-corrected chi connectivity index (χ1v) is 16.9.